The monoisotopic (exact) mass is 195 g/mol. The molecule has 0 fully saturated rings. The summed E-state index contributed by atoms with van der Waals surface area (Å²) in [6.45, 7) is 3.63. The number of aromatic amines is 1. The van der Waals surface area contributed by atoms with E-state index in [0.29, 0.717) is 23.5 Å². The van der Waals surface area contributed by atoms with Gasteiger partial charge < -0.3 is 10.7 Å². The lowest BCUT2D eigenvalue weighted by Crippen LogP contribution is -2.22. The molecule has 5 heteroatoms. The summed E-state index contributed by atoms with van der Waals surface area (Å²) in [5.74, 6) is -0.172. The second-order valence-electron chi connectivity index (χ2n) is 3.07. The molecule has 0 aliphatic rings. The zero-order valence-corrected chi connectivity index (χ0v) is 8.26. The molecule has 1 heterocycles. The summed E-state index contributed by atoms with van der Waals surface area (Å²) < 4.78 is 0. The number of nitrogens with zero attached hydrogens (tertiary/aromatic N) is 1. The first-order valence-corrected chi connectivity index (χ1v) is 4.41. The highest BCUT2D eigenvalue weighted by Gasteiger charge is 2.07. The summed E-state index contributed by atoms with van der Waals surface area (Å²) in [4.78, 5) is 28.7. The summed E-state index contributed by atoms with van der Waals surface area (Å²) in [5.41, 5.74) is 6.12. The Balaban J connectivity index is 3.14. The topological polar surface area (TPSA) is 88.8 Å². The second-order valence-corrected chi connectivity index (χ2v) is 3.07. The number of hydrogen-bond donors (Lipinski definition) is 2. The zero-order chi connectivity index (χ0) is 10.7. The molecule has 1 aromatic rings. The third kappa shape index (κ3) is 2.18. The number of nitrogens with one attached hydrogen (secondary N) is 1. The molecule has 0 atom stereocenters. The van der Waals surface area contributed by atoms with Gasteiger partial charge in [0.1, 0.15) is 5.82 Å². The van der Waals surface area contributed by atoms with E-state index in [1.165, 1.54) is 0 Å². The smallest absolute Gasteiger partial charge is 0.254 e. The first-order chi connectivity index (χ1) is 6.54. The summed E-state index contributed by atoms with van der Waals surface area (Å²) in [6, 6.07) is 0. The van der Waals surface area contributed by atoms with Crippen LogP contribution in [0.3, 0.4) is 0 Å². The van der Waals surface area contributed by atoms with Crippen molar-refractivity contribution in [2.45, 2.75) is 26.7 Å². The fraction of sp³-hybridized carbons (Fsp3) is 0.444. The largest absolute Gasteiger partial charge is 0.369 e. The number of aromatic nitrogens is 2. The van der Waals surface area contributed by atoms with Crippen LogP contribution in [-0.2, 0) is 17.6 Å². The van der Waals surface area contributed by atoms with Crippen molar-refractivity contribution >= 4 is 5.91 Å². The molecule has 0 saturated carbocycles. The fourth-order valence-corrected chi connectivity index (χ4v) is 1.33. The van der Waals surface area contributed by atoms with Gasteiger partial charge in [0.2, 0.25) is 5.91 Å². The number of carbonyl (C=O) groups is 1. The lowest BCUT2D eigenvalue weighted by molar-refractivity contribution is -0.117. The summed E-state index contributed by atoms with van der Waals surface area (Å²) in [5, 5.41) is 0. The van der Waals surface area contributed by atoms with Gasteiger partial charge in [0.05, 0.1) is 6.42 Å². The Morgan fingerprint density at radius 2 is 2.21 bits per heavy atom. The van der Waals surface area contributed by atoms with Crippen molar-refractivity contribution in [3.63, 3.8) is 0 Å². The molecule has 0 radical (unpaired) electrons. The Morgan fingerprint density at radius 1 is 1.57 bits per heavy atom. The van der Waals surface area contributed by atoms with Crippen molar-refractivity contribution in [3.05, 3.63) is 27.4 Å². The summed E-state index contributed by atoms with van der Waals surface area (Å²) in [6.07, 6.45) is 0.602. The van der Waals surface area contributed by atoms with Crippen LogP contribution in [0.4, 0.5) is 0 Å². The van der Waals surface area contributed by atoms with Gasteiger partial charge in [-0.15, -0.1) is 0 Å². The SMILES string of the molecule is CCc1c(C)nc(CC(N)=O)[nH]c1=O. The third-order valence-corrected chi connectivity index (χ3v) is 1.97. The van der Waals surface area contributed by atoms with Crippen molar-refractivity contribution in [3.8, 4) is 0 Å². The Morgan fingerprint density at radius 3 is 2.64 bits per heavy atom. The van der Waals surface area contributed by atoms with Gasteiger partial charge in [-0.1, -0.05) is 6.92 Å². The van der Waals surface area contributed by atoms with Crippen molar-refractivity contribution in [1.29, 1.82) is 0 Å². The first-order valence-electron chi connectivity index (χ1n) is 4.41. The second kappa shape index (κ2) is 4.04. The van der Waals surface area contributed by atoms with E-state index in [0.717, 1.165) is 0 Å². The van der Waals surface area contributed by atoms with Gasteiger partial charge in [-0.3, -0.25) is 9.59 Å². The van der Waals surface area contributed by atoms with Gasteiger partial charge in [0.15, 0.2) is 0 Å². The minimum Gasteiger partial charge on any atom is -0.369 e. The van der Waals surface area contributed by atoms with Crippen molar-refractivity contribution in [1.82, 2.24) is 9.97 Å². The molecule has 0 aliphatic heterocycles. The molecular weight excluding hydrogens is 182 g/mol. The van der Waals surface area contributed by atoms with Crippen LogP contribution in [0.5, 0.6) is 0 Å². The Hall–Kier alpha value is -1.65. The van der Waals surface area contributed by atoms with Crippen LogP contribution in [0.15, 0.2) is 4.79 Å². The van der Waals surface area contributed by atoms with E-state index in [9.17, 15) is 9.59 Å². The molecule has 0 spiro atoms. The molecule has 0 unspecified atom stereocenters. The molecule has 3 N–H and O–H groups in total. The van der Waals surface area contributed by atoms with E-state index >= 15 is 0 Å². The first kappa shape index (κ1) is 10.4. The summed E-state index contributed by atoms with van der Waals surface area (Å²) in [7, 11) is 0. The molecule has 1 aromatic heterocycles. The van der Waals surface area contributed by atoms with Gasteiger partial charge in [-0.05, 0) is 13.3 Å². The lowest BCUT2D eigenvalue weighted by Gasteiger charge is -2.03. The Labute approximate surface area is 81.4 Å². The van der Waals surface area contributed by atoms with Gasteiger partial charge >= 0.3 is 0 Å². The normalized spacial score (nSPS) is 10.1. The number of primary amides is 1. The van der Waals surface area contributed by atoms with E-state index in [-0.39, 0.29) is 12.0 Å². The maximum atomic E-state index is 11.4. The van der Waals surface area contributed by atoms with Gasteiger partial charge in [0, 0.05) is 11.3 Å². The van der Waals surface area contributed by atoms with Gasteiger partial charge in [-0.2, -0.15) is 0 Å². The van der Waals surface area contributed by atoms with Crippen LogP contribution in [0.2, 0.25) is 0 Å². The number of H-pyrrole nitrogens is 1. The van der Waals surface area contributed by atoms with Crippen LogP contribution >= 0.6 is 0 Å². The number of hydrogen-bond acceptors (Lipinski definition) is 3. The molecule has 0 aromatic carbocycles. The van der Waals surface area contributed by atoms with Crippen LogP contribution in [0.25, 0.3) is 0 Å². The minimum absolute atomic E-state index is 0.0277. The Kier molecular flexibility index (Phi) is 3.01. The van der Waals surface area contributed by atoms with Gasteiger partial charge in [-0.25, -0.2) is 4.98 Å². The van der Waals surface area contributed by atoms with Crippen LogP contribution in [-0.4, -0.2) is 15.9 Å². The number of amides is 1. The molecule has 14 heavy (non-hydrogen) atoms. The maximum absolute atomic E-state index is 11.4. The van der Waals surface area contributed by atoms with E-state index < -0.39 is 5.91 Å². The highest BCUT2D eigenvalue weighted by Crippen LogP contribution is 1.99. The van der Waals surface area contributed by atoms with Crippen LogP contribution in [0, 0.1) is 6.92 Å². The molecular formula is C9H13N3O2. The van der Waals surface area contributed by atoms with Gasteiger partial charge in [0.25, 0.3) is 5.56 Å². The number of rotatable bonds is 3. The molecule has 1 amide bonds. The summed E-state index contributed by atoms with van der Waals surface area (Å²) >= 11 is 0. The van der Waals surface area contributed by atoms with Crippen molar-refractivity contribution in [2.75, 3.05) is 0 Å². The van der Waals surface area contributed by atoms with E-state index in [1.807, 2.05) is 6.92 Å². The minimum atomic E-state index is -0.503. The average Bonchev–Trinajstić information content (AvgIpc) is 2.01. The van der Waals surface area contributed by atoms with Crippen LogP contribution in [0.1, 0.15) is 24.0 Å². The van der Waals surface area contributed by atoms with Crippen molar-refractivity contribution < 1.29 is 4.79 Å². The Bertz CT molecular complexity index is 409. The van der Waals surface area contributed by atoms with Crippen LogP contribution < -0.4 is 11.3 Å². The van der Waals surface area contributed by atoms with E-state index in [1.54, 1.807) is 6.92 Å². The molecule has 5 nitrogen and oxygen atoms in total. The lowest BCUT2D eigenvalue weighted by atomic mass is 10.2. The standard InChI is InChI=1S/C9H13N3O2/c1-3-6-5(2)11-8(4-7(10)13)12-9(6)14/h3-4H2,1-2H3,(H2,10,13)(H,11,12,14). The molecule has 76 valence electrons. The molecule has 1 rings (SSSR count). The predicted molar refractivity (Wildman–Crippen MR) is 51.9 cm³/mol. The van der Waals surface area contributed by atoms with Crippen molar-refractivity contribution in [2.24, 2.45) is 5.73 Å². The number of carbonyl (C=O) groups excluding carboxylic acids is 1. The average molecular weight is 195 g/mol. The van der Waals surface area contributed by atoms with E-state index in [4.69, 9.17) is 5.73 Å². The third-order valence-electron chi connectivity index (χ3n) is 1.97. The highest BCUT2D eigenvalue weighted by molar-refractivity contribution is 5.75. The highest BCUT2D eigenvalue weighted by atomic mass is 16.1. The fourth-order valence-electron chi connectivity index (χ4n) is 1.33. The molecule has 0 aliphatic carbocycles. The maximum Gasteiger partial charge on any atom is 0.254 e. The molecule has 0 saturated heterocycles. The molecule has 0 bridgehead atoms. The van der Waals surface area contributed by atoms with E-state index in [2.05, 4.69) is 9.97 Å². The zero-order valence-electron chi connectivity index (χ0n) is 8.26. The predicted octanol–water partition coefficient (Wildman–Crippen LogP) is -0.331. The number of nitrogens with two attached hydrogens (primary N) is 1. The quantitative estimate of drug-likeness (QED) is 0.692. The number of aryl methyl sites for hydroxylation is 1.